The smallest absolute Gasteiger partial charge is 0.165 e. The van der Waals surface area contributed by atoms with Crippen molar-refractivity contribution < 1.29 is 9.13 Å². The monoisotopic (exact) mass is 237 g/mol. The highest BCUT2D eigenvalue weighted by Crippen LogP contribution is 2.31. The van der Waals surface area contributed by atoms with Gasteiger partial charge in [0.05, 0.1) is 13.2 Å². The Hall–Kier alpha value is -1.39. The Morgan fingerprint density at radius 1 is 1.38 bits per heavy atom. The summed E-state index contributed by atoms with van der Waals surface area (Å²) in [5.41, 5.74) is 7.70. The Balaban J connectivity index is 2.44. The summed E-state index contributed by atoms with van der Waals surface area (Å²) in [6, 6.07) is 6.36. The summed E-state index contributed by atoms with van der Waals surface area (Å²) < 4.78 is 18.5. The zero-order valence-electron chi connectivity index (χ0n) is 8.81. The van der Waals surface area contributed by atoms with E-state index < -0.39 is 0 Å². The molecule has 0 unspecified atom stereocenters. The molecule has 0 saturated heterocycles. The number of thiophene rings is 1. The van der Waals surface area contributed by atoms with Crippen LogP contribution in [-0.2, 0) is 0 Å². The van der Waals surface area contributed by atoms with E-state index in [2.05, 4.69) is 0 Å². The van der Waals surface area contributed by atoms with Gasteiger partial charge >= 0.3 is 0 Å². The normalized spacial score (nSPS) is 12.4. The van der Waals surface area contributed by atoms with E-state index in [1.165, 1.54) is 13.2 Å². The molecular weight excluding hydrogens is 225 g/mol. The molecule has 0 amide bonds. The van der Waals surface area contributed by atoms with Crippen LogP contribution in [0.15, 0.2) is 35.0 Å². The number of ether oxygens (including phenoxy) is 1. The first kappa shape index (κ1) is 11.1. The van der Waals surface area contributed by atoms with Crippen LogP contribution in [0.2, 0.25) is 0 Å². The number of rotatable bonds is 3. The highest BCUT2D eigenvalue weighted by atomic mass is 32.1. The Kier molecular flexibility index (Phi) is 3.22. The lowest BCUT2D eigenvalue weighted by Gasteiger charge is -2.15. The van der Waals surface area contributed by atoms with Gasteiger partial charge in [0.1, 0.15) is 0 Å². The van der Waals surface area contributed by atoms with Gasteiger partial charge in [-0.25, -0.2) is 4.39 Å². The minimum Gasteiger partial charge on any atom is -0.493 e. The van der Waals surface area contributed by atoms with Crippen LogP contribution in [0.1, 0.15) is 17.2 Å². The third-order valence-corrected chi connectivity index (χ3v) is 3.14. The Bertz CT molecular complexity index is 470. The predicted molar refractivity (Wildman–Crippen MR) is 63.3 cm³/mol. The van der Waals surface area contributed by atoms with Gasteiger partial charge < -0.3 is 10.5 Å². The van der Waals surface area contributed by atoms with E-state index >= 15 is 0 Å². The van der Waals surface area contributed by atoms with Gasteiger partial charge in [-0.15, -0.1) is 0 Å². The van der Waals surface area contributed by atoms with Crippen molar-refractivity contribution in [3.8, 4) is 5.75 Å². The highest BCUT2D eigenvalue weighted by Gasteiger charge is 2.16. The molecule has 16 heavy (non-hydrogen) atoms. The average molecular weight is 237 g/mol. The van der Waals surface area contributed by atoms with Crippen molar-refractivity contribution in [1.82, 2.24) is 0 Å². The second-order valence-corrected chi connectivity index (χ2v) is 4.18. The number of hydrogen-bond acceptors (Lipinski definition) is 3. The second-order valence-electron chi connectivity index (χ2n) is 3.40. The van der Waals surface area contributed by atoms with Crippen molar-refractivity contribution in [2.75, 3.05) is 7.11 Å². The van der Waals surface area contributed by atoms with Gasteiger partial charge in [0.25, 0.3) is 0 Å². The SMILES string of the molecule is COc1c(F)cccc1[C@H](N)c1ccsc1. The van der Waals surface area contributed by atoms with Gasteiger partial charge in [-0.3, -0.25) is 0 Å². The Labute approximate surface area is 97.5 Å². The van der Waals surface area contributed by atoms with Crippen LogP contribution in [0, 0.1) is 5.82 Å². The molecule has 2 nitrogen and oxygen atoms in total. The summed E-state index contributed by atoms with van der Waals surface area (Å²) >= 11 is 1.57. The van der Waals surface area contributed by atoms with Crippen LogP contribution < -0.4 is 10.5 Å². The van der Waals surface area contributed by atoms with Gasteiger partial charge in [-0.2, -0.15) is 11.3 Å². The first-order chi connectivity index (χ1) is 7.74. The molecule has 0 spiro atoms. The van der Waals surface area contributed by atoms with Gasteiger partial charge in [-0.05, 0) is 28.5 Å². The molecule has 2 aromatic rings. The fourth-order valence-corrected chi connectivity index (χ4v) is 2.31. The van der Waals surface area contributed by atoms with Gasteiger partial charge in [0.2, 0.25) is 0 Å². The predicted octanol–water partition coefficient (Wildman–Crippen LogP) is 2.94. The lowest BCUT2D eigenvalue weighted by atomic mass is 10.0. The van der Waals surface area contributed by atoms with Gasteiger partial charge in [-0.1, -0.05) is 12.1 Å². The number of para-hydroxylation sites is 1. The largest absolute Gasteiger partial charge is 0.493 e. The van der Waals surface area contributed by atoms with Crippen LogP contribution in [0.3, 0.4) is 0 Å². The van der Waals surface area contributed by atoms with Crippen molar-refractivity contribution in [1.29, 1.82) is 0 Å². The molecular formula is C12H12FNOS. The minimum absolute atomic E-state index is 0.223. The summed E-state index contributed by atoms with van der Waals surface area (Å²) in [5, 5.41) is 3.90. The molecule has 0 fully saturated rings. The fraction of sp³-hybridized carbons (Fsp3) is 0.167. The zero-order chi connectivity index (χ0) is 11.5. The molecule has 0 bridgehead atoms. The minimum atomic E-state index is -0.384. The molecule has 0 radical (unpaired) electrons. The quantitative estimate of drug-likeness (QED) is 0.890. The number of halogens is 1. The van der Waals surface area contributed by atoms with E-state index in [0.717, 1.165) is 5.56 Å². The molecule has 0 saturated carbocycles. The van der Waals surface area contributed by atoms with Crippen LogP contribution in [0.4, 0.5) is 4.39 Å². The van der Waals surface area contributed by atoms with Crippen molar-refractivity contribution >= 4 is 11.3 Å². The van der Waals surface area contributed by atoms with Gasteiger partial charge in [0, 0.05) is 5.56 Å². The van der Waals surface area contributed by atoms with E-state index in [-0.39, 0.29) is 17.6 Å². The number of nitrogens with two attached hydrogens (primary N) is 1. The average Bonchev–Trinajstić information content (AvgIpc) is 2.81. The molecule has 2 rings (SSSR count). The molecule has 4 heteroatoms. The number of benzene rings is 1. The third-order valence-electron chi connectivity index (χ3n) is 2.44. The second kappa shape index (κ2) is 4.63. The molecule has 84 valence electrons. The molecule has 2 N–H and O–H groups in total. The van der Waals surface area contributed by atoms with Crippen molar-refractivity contribution in [3.05, 3.63) is 52.0 Å². The maximum absolute atomic E-state index is 13.5. The van der Waals surface area contributed by atoms with Gasteiger partial charge in [0.15, 0.2) is 11.6 Å². The molecule has 0 aliphatic heterocycles. The molecule has 0 aliphatic rings. The fourth-order valence-electron chi connectivity index (χ4n) is 1.62. The Morgan fingerprint density at radius 2 is 2.19 bits per heavy atom. The highest BCUT2D eigenvalue weighted by molar-refractivity contribution is 7.08. The lowest BCUT2D eigenvalue weighted by molar-refractivity contribution is 0.380. The summed E-state index contributed by atoms with van der Waals surface area (Å²) in [4.78, 5) is 0. The van der Waals surface area contributed by atoms with Crippen LogP contribution in [0.5, 0.6) is 5.75 Å². The standard InChI is InChI=1S/C12H12FNOS/c1-15-12-9(3-2-4-10(12)13)11(14)8-5-6-16-7-8/h2-7,11H,14H2,1H3/t11-/m1/s1. The molecule has 1 aromatic carbocycles. The topological polar surface area (TPSA) is 35.2 Å². The molecule has 1 atom stereocenters. The number of hydrogen-bond donors (Lipinski definition) is 1. The van der Waals surface area contributed by atoms with E-state index in [4.69, 9.17) is 10.5 Å². The molecule has 0 aliphatic carbocycles. The van der Waals surface area contributed by atoms with Crippen LogP contribution >= 0.6 is 11.3 Å². The first-order valence-electron chi connectivity index (χ1n) is 4.84. The van der Waals surface area contributed by atoms with E-state index in [9.17, 15) is 4.39 Å². The third kappa shape index (κ3) is 1.94. The van der Waals surface area contributed by atoms with E-state index in [1.54, 1.807) is 23.5 Å². The first-order valence-corrected chi connectivity index (χ1v) is 5.78. The van der Waals surface area contributed by atoms with Crippen molar-refractivity contribution in [2.24, 2.45) is 5.73 Å². The number of methoxy groups -OCH3 is 1. The summed E-state index contributed by atoms with van der Waals surface area (Å²) in [6.07, 6.45) is 0. The van der Waals surface area contributed by atoms with Crippen LogP contribution in [0.25, 0.3) is 0 Å². The van der Waals surface area contributed by atoms with Crippen molar-refractivity contribution in [3.63, 3.8) is 0 Å². The molecule has 1 heterocycles. The summed E-state index contributed by atoms with van der Waals surface area (Å²) in [5.74, 6) is -0.160. The van der Waals surface area contributed by atoms with Crippen molar-refractivity contribution in [2.45, 2.75) is 6.04 Å². The zero-order valence-corrected chi connectivity index (χ0v) is 9.63. The maximum Gasteiger partial charge on any atom is 0.165 e. The van der Waals surface area contributed by atoms with E-state index in [0.29, 0.717) is 5.56 Å². The van der Waals surface area contributed by atoms with E-state index in [1.807, 2.05) is 16.8 Å². The lowest BCUT2D eigenvalue weighted by Crippen LogP contribution is -2.12. The van der Waals surface area contributed by atoms with Crippen LogP contribution in [-0.4, -0.2) is 7.11 Å². The summed E-state index contributed by atoms with van der Waals surface area (Å²) in [7, 11) is 1.45. The summed E-state index contributed by atoms with van der Waals surface area (Å²) in [6.45, 7) is 0. The molecule has 1 aromatic heterocycles. The Morgan fingerprint density at radius 3 is 2.81 bits per heavy atom. The maximum atomic E-state index is 13.5.